The van der Waals surface area contributed by atoms with Crippen molar-refractivity contribution in [3.05, 3.63) is 0 Å². The molecule has 1 rings (SSSR count). The Bertz CT molecular complexity index is 301. The van der Waals surface area contributed by atoms with Crippen LogP contribution in [0.1, 0.15) is 32.6 Å². The van der Waals surface area contributed by atoms with Crippen LogP contribution in [0.5, 0.6) is 0 Å². The predicted molar refractivity (Wildman–Crippen MR) is 107 cm³/mol. The molecule has 1 aliphatic heterocycles. The molecule has 2 N–H and O–H groups in total. The second-order valence-corrected chi connectivity index (χ2v) is 6.31. The van der Waals surface area contributed by atoms with Gasteiger partial charge in [-0.1, -0.05) is 0 Å². The van der Waals surface area contributed by atoms with Gasteiger partial charge in [-0.3, -0.25) is 4.99 Å². The van der Waals surface area contributed by atoms with E-state index >= 15 is 0 Å². The smallest absolute Gasteiger partial charge is 0.191 e. The van der Waals surface area contributed by atoms with Crippen molar-refractivity contribution in [1.82, 2.24) is 10.6 Å². The standard InChI is InChI=1S/C15H31N3O2S.HI/c1-4-16-14(17-9-5-6-12-21-3)18-13-15(19-2)7-10-20-11-8-15;/h4-13H2,1-3H3,(H2,16,17,18);1H. The van der Waals surface area contributed by atoms with Crippen molar-refractivity contribution in [2.75, 3.05) is 52.0 Å². The van der Waals surface area contributed by atoms with Crippen LogP contribution in [0.2, 0.25) is 0 Å². The van der Waals surface area contributed by atoms with Gasteiger partial charge in [0.05, 0.1) is 12.1 Å². The summed E-state index contributed by atoms with van der Waals surface area (Å²) in [5, 5.41) is 6.70. The van der Waals surface area contributed by atoms with Crippen LogP contribution in [0.15, 0.2) is 4.99 Å². The second-order valence-electron chi connectivity index (χ2n) is 5.32. The molecule has 1 saturated heterocycles. The third-order valence-electron chi connectivity index (χ3n) is 3.77. The number of unbranched alkanes of at least 4 members (excludes halogenated alkanes) is 1. The van der Waals surface area contributed by atoms with Gasteiger partial charge in [0.15, 0.2) is 5.96 Å². The largest absolute Gasteiger partial charge is 0.381 e. The minimum Gasteiger partial charge on any atom is -0.381 e. The molecule has 0 saturated carbocycles. The number of rotatable bonds is 9. The van der Waals surface area contributed by atoms with E-state index in [1.807, 2.05) is 11.8 Å². The first-order valence-electron chi connectivity index (χ1n) is 7.90. The number of nitrogens with one attached hydrogen (secondary N) is 2. The van der Waals surface area contributed by atoms with Crippen LogP contribution in [0.25, 0.3) is 0 Å². The molecule has 0 aliphatic carbocycles. The molecule has 0 aromatic rings. The van der Waals surface area contributed by atoms with E-state index in [1.165, 1.54) is 18.6 Å². The van der Waals surface area contributed by atoms with Crippen LogP contribution in [0.3, 0.4) is 0 Å². The number of thioether (sulfide) groups is 1. The lowest BCUT2D eigenvalue weighted by Gasteiger charge is -2.34. The third-order valence-corrected chi connectivity index (χ3v) is 4.47. The van der Waals surface area contributed by atoms with Gasteiger partial charge < -0.3 is 20.1 Å². The number of ether oxygens (including phenoxy) is 2. The van der Waals surface area contributed by atoms with Gasteiger partial charge in [-0.2, -0.15) is 11.8 Å². The van der Waals surface area contributed by atoms with Gasteiger partial charge in [-0.05, 0) is 31.8 Å². The first kappa shape index (κ1) is 22.3. The van der Waals surface area contributed by atoms with Crippen molar-refractivity contribution in [1.29, 1.82) is 0 Å². The Morgan fingerprint density at radius 1 is 1.27 bits per heavy atom. The average molecular weight is 445 g/mol. The second kappa shape index (κ2) is 13.7. The van der Waals surface area contributed by atoms with Crippen molar-refractivity contribution in [3.63, 3.8) is 0 Å². The monoisotopic (exact) mass is 445 g/mol. The lowest BCUT2D eigenvalue weighted by atomic mass is 9.94. The summed E-state index contributed by atoms with van der Waals surface area (Å²) in [6.07, 6.45) is 6.40. The highest BCUT2D eigenvalue weighted by atomic mass is 127. The van der Waals surface area contributed by atoms with E-state index in [0.29, 0.717) is 6.54 Å². The average Bonchev–Trinajstić information content (AvgIpc) is 2.53. The molecule has 5 nitrogen and oxygen atoms in total. The summed E-state index contributed by atoms with van der Waals surface area (Å²) in [6, 6.07) is 0. The Morgan fingerprint density at radius 2 is 2.00 bits per heavy atom. The molecule has 132 valence electrons. The van der Waals surface area contributed by atoms with E-state index in [4.69, 9.17) is 14.5 Å². The fraction of sp³-hybridized carbons (Fsp3) is 0.933. The van der Waals surface area contributed by atoms with Crippen LogP contribution in [0.4, 0.5) is 0 Å². The summed E-state index contributed by atoms with van der Waals surface area (Å²) in [7, 11) is 1.78. The molecular formula is C15H32IN3O2S. The number of hydrogen-bond acceptors (Lipinski definition) is 4. The Balaban J connectivity index is 0.00000441. The maximum atomic E-state index is 5.72. The molecule has 0 aromatic heterocycles. The normalized spacial score (nSPS) is 17.7. The number of methoxy groups -OCH3 is 1. The summed E-state index contributed by atoms with van der Waals surface area (Å²) >= 11 is 1.90. The molecule has 1 aliphatic rings. The molecule has 1 heterocycles. The van der Waals surface area contributed by atoms with Crippen molar-refractivity contribution in [2.45, 2.75) is 38.2 Å². The lowest BCUT2D eigenvalue weighted by molar-refractivity contribution is -0.0828. The molecule has 0 spiro atoms. The van der Waals surface area contributed by atoms with E-state index in [2.05, 4.69) is 23.8 Å². The van der Waals surface area contributed by atoms with E-state index in [0.717, 1.165) is 45.1 Å². The Morgan fingerprint density at radius 3 is 2.59 bits per heavy atom. The van der Waals surface area contributed by atoms with Gasteiger partial charge in [0.2, 0.25) is 0 Å². The molecule has 0 bridgehead atoms. The summed E-state index contributed by atoms with van der Waals surface area (Å²) in [5.41, 5.74) is -0.153. The Hall–Kier alpha value is 0.270. The summed E-state index contributed by atoms with van der Waals surface area (Å²) in [5.74, 6) is 2.12. The topological polar surface area (TPSA) is 54.9 Å². The van der Waals surface area contributed by atoms with E-state index in [9.17, 15) is 0 Å². The summed E-state index contributed by atoms with van der Waals surface area (Å²) in [4.78, 5) is 4.71. The zero-order valence-electron chi connectivity index (χ0n) is 14.2. The number of halogens is 1. The number of hydrogen-bond donors (Lipinski definition) is 2. The van der Waals surface area contributed by atoms with Crippen molar-refractivity contribution in [2.24, 2.45) is 4.99 Å². The van der Waals surface area contributed by atoms with Crippen LogP contribution < -0.4 is 10.6 Å². The molecule has 0 amide bonds. The SMILES string of the molecule is CCNC(=NCC1(OC)CCOCC1)NCCCCSC.I. The zero-order chi connectivity index (χ0) is 15.4. The highest BCUT2D eigenvalue weighted by Gasteiger charge is 2.32. The lowest BCUT2D eigenvalue weighted by Crippen LogP contribution is -2.44. The zero-order valence-corrected chi connectivity index (χ0v) is 17.3. The molecule has 0 atom stereocenters. The molecule has 0 aromatic carbocycles. The fourth-order valence-electron chi connectivity index (χ4n) is 2.31. The third kappa shape index (κ3) is 8.79. The molecule has 1 fully saturated rings. The predicted octanol–water partition coefficient (Wildman–Crippen LogP) is 2.50. The van der Waals surface area contributed by atoms with Crippen molar-refractivity contribution >= 4 is 41.7 Å². The Kier molecular flexibility index (Phi) is 13.9. The minimum atomic E-state index is -0.153. The van der Waals surface area contributed by atoms with Crippen LogP contribution in [-0.2, 0) is 9.47 Å². The molecule has 0 unspecified atom stereocenters. The summed E-state index contributed by atoms with van der Waals surface area (Å²) < 4.78 is 11.1. The highest BCUT2D eigenvalue weighted by Crippen LogP contribution is 2.24. The maximum Gasteiger partial charge on any atom is 0.191 e. The first-order chi connectivity index (χ1) is 10.3. The van der Waals surface area contributed by atoms with Crippen LogP contribution >= 0.6 is 35.7 Å². The van der Waals surface area contributed by atoms with E-state index < -0.39 is 0 Å². The van der Waals surface area contributed by atoms with Gasteiger partial charge in [0, 0.05) is 46.3 Å². The Labute approximate surface area is 156 Å². The fourth-order valence-corrected chi connectivity index (χ4v) is 2.81. The maximum absolute atomic E-state index is 5.72. The van der Waals surface area contributed by atoms with Crippen molar-refractivity contribution < 1.29 is 9.47 Å². The number of guanidine groups is 1. The molecule has 7 heteroatoms. The van der Waals surface area contributed by atoms with Gasteiger partial charge in [0.1, 0.15) is 0 Å². The van der Waals surface area contributed by atoms with E-state index in [-0.39, 0.29) is 29.6 Å². The van der Waals surface area contributed by atoms with Crippen LogP contribution in [-0.4, -0.2) is 63.5 Å². The van der Waals surface area contributed by atoms with Crippen molar-refractivity contribution in [3.8, 4) is 0 Å². The van der Waals surface area contributed by atoms with Crippen LogP contribution in [0, 0.1) is 0 Å². The molecule has 0 radical (unpaired) electrons. The first-order valence-corrected chi connectivity index (χ1v) is 9.30. The van der Waals surface area contributed by atoms with Gasteiger partial charge >= 0.3 is 0 Å². The highest BCUT2D eigenvalue weighted by molar-refractivity contribution is 14.0. The molecular weight excluding hydrogens is 413 g/mol. The molecule has 22 heavy (non-hydrogen) atoms. The minimum absolute atomic E-state index is 0. The quantitative estimate of drug-likeness (QED) is 0.247. The van der Waals surface area contributed by atoms with E-state index in [1.54, 1.807) is 7.11 Å². The van der Waals surface area contributed by atoms with Gasteiger partial charge in [0.25, 0.3) is 0 Å². The van der Waals surface area contributed by atoms with Gasteiger partial charge in [-0.25, -0.2) is 0 Å². The van der Waals surface area contributed by atoms with Gasteiger partial charge in [-0.15, -0.1) is 24.0 Å². The number of nitrogens with zero attached hydrogens (tertiary/aromatic N) is 1. The summed E-state index contributed by atoms with van der Waals surface area (Å²) in [6.45, 7) is 6.15. The number of aliphatic imine (C=N–C) groups is 1.